The summed E-state index contributed by atoms with van der Waals surface area (Å²) < 4.78 is 37.2. The largest absolute Gasteiger partial charge is 0.405 e. The number of hydrogen-bond donors (Lipinski definition) is 1. The molecular formula is C8H11F3N4OS. The predicted octanol–water partition coefficient (Wildman–Crippen LogP) is 0.974. The predicted molar refractivity (Wildman–Crippen MR) is 55.4 cm³/mol. The summed E-state index contributed by atoms with van der Waals surface area (Å²) in [6, 6.07) is 0. The van der Waals surface area contributed by atoms with E-state index in [9.17, 15) is 18.0 Å². The molecule has 0 aromatic carbocycles. The maximum Gasteiger partial charge on any atom is 0.405 e. The Bertz CT molecular complexity index is 392. The number of thioether (sulfide) groups is 1. The zero-order valence-electron chi connectivity index (χ0n) is 9.15. The van der Waals surface area contributed by atoms with Crippen LogP contribution in [-0.2, 0) is 11.8 Å². The molecule has 0 fully saturated rings. The zero-order chi connectivity index (χ0) is 13.1. The summed E-state index contributed by atoms with van der Waals surface area (Å²) in [7, 11) is 1.68. The van der Waals surface area contributed by atoms with Gasteiger partial charge in [0.05, 0.1) is 5.25 Å². The molecule has 0 saturated carbocycles. The molecule has 9 heteroatoms. The van der Waals surface area contributed by atoms with Gasteiger partial charge < -0.3 is 9.88 Å². The smallest absolute Gasteiger partial charge is 0.346 e. The van der Waals surface area contributed by atoms with Gasteiger partial charge in [0, 0.05) is 7.05 Å². The lowest BCUT2D eigenvalue weighted by Crippen LogP contribution is -2.38. The van der Waals surface area contributed by atoms with Crippen molar-refractivity contribution in [2.45, 2.75) is 23.5 Å². The molecule has 0 aliphatic rings. The van der Waals surface area contributed by atoms with Crippen LogP contribution in [0.2, 0.25) is 0 Å². The van der Waals surface area contributed by atoms with E-state index in [1.165, 1.54) is 13.3 Å². The highest BCUT2D eigenvalue weighted by atomic mass is 32.2. The lowest BCUT2D eigenvalue weighted by atomic mass is 10.4. The van der Waals surface area contributed by atoms with E-state index in [-0.39, 0.29) is 0 Å². The average molecular weight is 268 g/mol. The lowest BCUT2D eigenvalue weighted by Gasteiger charge is -2.12. The fourth-order valence-corrected chi connectivity index (χ4v) is 1.74. The Labute approximate surface area is 99.8 Å². The highest BCUT2D eigenvalue weighted by molar-refractivity contribution is 8.00. The molecule has 1 rings (SSSR count). The van der Waals surface area contributed by atoms with E-state index in [0.29, 0.717) is 5.16 Å². The first-order valence-corrected chi connectivity index (χ1v) is 5.52. The molecule has 17 heavy (non-hydrogen) atoms. The van der Waals surface area contributed by atoms with Crippen LogP contribution in [0.25, 0.3) is 0 Å². The van der Waals surface area contributed by atoms with Crippen molar-refractivity contribution >= 4 is 17.7 Å². The van der Waals surface area contributed by atoms with Crippen LogP contribution in [-0.4, -0.2) is 38.6 Å². The second-order valence-electron chi connectivity index (χ2n) is 3.32. The summed E-state index contributed by atoms with van der Waals surface area (Å²) in [5.74, 6) is -0.685. The Kier molecular flexibility index (Phi) is 4.38. The van der Waals surface area contributed by atoms with Crippen molar-refractivity contribution in [1.29, 1.82) is 0 Å². The Morgan fingerprint density at radius 3 is 2.76 bits per heavy atom. The number of aromatic nitrogens is 3. The van der Waals surface area contributed by atoms with Crippen LogP contribution in [0.5, 0.6) is 0 Å². The first-order valence-electron chi connectivity index (χ1n) is 4.64. The third-order valence-electron chi connectivity index (χ3n) is 1.78. The van der Waals surface area contributed by atoms with Crippen molar-refractivity contribution in [3.8, 4) is 0 Å². The van der Waals surface area contributed by atoms with Gasteiger partial charge in [-0.2, -0.15) is 13.2 Å². The number of carbonyl (C=O) groups is 1. The monoisotopic (exact) mass is 268 g/mol. The molecule has 1 heterocycles. The van der Waals surface area contributed by atoms with E-state index in [1.807, 2.05) is 5.32 Å². The Morgan fingerprint density at radius 2 is 2.29 bits per heavy atom. The fraction of sp³-hybridized carbons (Fsp3) is 0.625. The molecule has 0 aliphatic carbocycles. The maximum atomic E-state index is 11.9. The molecule has 0 saturated heterocycles. The van der Waals surface area contributed by atoms with E-state index in [2.05, 4.69) is 10.2 Å². The van der Waals surface area contributed by atoms with Crippen LogP contribution in [0.3, 0.4) is 0 Å². The molecule has 1 N–H and O–H groups in total. The Balaban J connectivity index is 2.45. The molecule has 96 valence electrons. The highest BCUT2D eigenvalue weighted by Crippen LogP contribution is 2.20. The summed E-state index contributed by atoms with van der Waals surface area (Å²) >= 11 is 1.05. The number of aryl methyl sites for hydroxylation is 1. The molecule has 0 radical (unpaired) electrons. The molecule has 1 aromatic rings. The SMILES string of the molecule is CC(Sc1nncn1C)C(=O)NCC(F)(F)F. The van der Waals surface area contributed by atoms with Crippen LogP contribution in [0.15, 0.2) is 11.5 Å². The van der Waals surface area contributed by atoms with Crippen LogP contribution in [0, 0.1) is 0 Å². The lowest BCUT2D eigenvalue weighted by molar-refractivity contribution is -0.137. The number of carbonyl (C=O) groups excluding carboxylic acids is 1. The van der Waals surface area contributed by atoms with Gasteiger partial charge in [-0.25, -0.2) is 0 Å². The number of nitrogens with one attached hydrogen (secondary N) is 1. The van der Waals surface area contributed by atoms with Crippen LogP contribution in [0.4, 0.5) is 13.2 Å². The number of amides is 1. The van der Waals surface area contributed by atoms with Crippen molar-refractivity contribution in [2.24, 2.45) is 7.05 Å². The molecule has 1 amide bonds. The summed E-state index contributed by atoms with van der Waals surface area (Å²) in [5, 5.41) is 8.94. The van der Waals surface area contributed by atoms with E-state index in [0.717, 1.165) is 11.8 Å². The Hall–Kier alpha value is -1.25. The minimum absolute atomic E-state index is 0.472. The van der Waals surface area contributed by atoms with Crippen LogP contribution < -0.4 is 5.32 Å². The van der Waals surface area contributed by atoms with E-state index in [1.54, 1.807) is 11.6 Å². The molecule has 1 atom stereocenters. The first-order chi connectivity index (χ1) is 7.79. The van der Waals surface area contributed by atoms with Crippen molar-refractivity contribution in [2.75, 3.05) is 6.54 Å². The second kappa shape index (κ2) is 5.39. The minimum atomic E-state index is -4.40. The summed E-state index contributed by atoms with van der Waals surface area (Å²) in [5.41, 5.74) is 0. The van der Waals surface area contributed by atoms with E-state index >= 15 is 0 Å². The van der Waals surface area contributed by atoms with Gasteiger partial charge in [0.2, 0.25) is 5.91 Å². The Morgan fingerprint density at radius 1 is 1.65 bits per heavy atom. The topological polar surface area (TPSA) is 59.8 Å². The van der Waals surface area contributed by atoms with E-state index in [4.69, 9.17) is 0 Å². The van der Waals surface area contributed by atoms with Gasteiger partial charge in [-0.1, -0.05) is 11.8 Å². The number of alkyl halides is 3. The molecule has 1 unspecified atom stereocenters. The van der Waals surface area contributed by atoms with Crippen LogP contribution in [0.1, 0.15) is 6.92 Å². The second-order valence-corrected chi connectivity index (χ2v) is 4.63. The van der Waals surface area contributed by atoms with Gasteiger partial charge >= 0.3 is 6.18 Å². The highest BCUT2D eigenvalue weighted by Gasteiger charge is 2.29. The normalized spacial score (nSPS) is 13.5. The number of rotatable bonds is 4. The summed E-state index contributed by atoms with van der Waals surface area (Å²) in [6.07, 6.45) is -2.95. The summed E-state index contributed by atoms with van der Waals surface area (Å²) in [4.78, 5) is 11.3. The zero-order valence-corrected chi connectivity index (χ0v) is 9.97. The van der Waals surface area contributed by atoms with Gasteiger partial charge in [0.1, 0.15) is 12.9 Å². The van der Waals surface area contributed by atoms with Gasteiger partial charge in [-0.3, -0.25) is 4.79 Å². The third kappa shape index (κ3) is 4.63. The van der Waals surface area contributed by atoms with Gasteiger partial charge in [0.15, 0.2) is 5.16 Å². The maximum absolute atomic E-state index is 11.9. The summed E-state index contributed by atoms with van der Waals surface area (Å²) in [6.45, 7) is 0.181. The molecule has 1 aromatic heterocycles. The molecule has 0 aliphatic heterocycles. The fourth-order valence-electron chi connectivity index (χ4n) is 0.922. The van der Waals surface area contributed by atoms with E-state index < -0.39 is 23.9 Å². The number of hydrogen-bond acceptors (Lipinski definition) is 4. The van der Waals surface area contributed by atoms with Crippen LogP contribution >= 0.6 is 11.8 Å². The third-order valence-corrected chi connectivity index (χ3v) is 2.93. The quantitative estimate of drug-likeness (QED) is 0.827. The minimum Gasteiger partial charge on any atom is -0.346 e. The number of halogens is 3. The van der Waals surface area contributed by atoms with Crippen molar-refractivity contribution in [3.63, 3.8) is 0 Å². The molecule has 0 bridgehead atoms. The van der Waals surface area contributed by atoms with Gasteiger partial charge in [-0.15, -0.1) is 10.2 Å². The molecule has 5 nitrogen and oxygen atoms in total. The van der Waals surface area contributed by atoms with Crippen molar-refractivity contribution in [3.05, 3.63) is 6.33 Å². The van der Waals surface area contributed by atoms with Crippen molar-refractivity contribution in [1.82, 2.24) is 20.1 Å². The number of nitrogens with zero attached hydrogens (tertiary/aromatic N) is 3. The average Bonchev–Trinajstić information content (AvgIpc) is 2.59. The first kappa shape index (κ1) is 13.8. The van der Waals surface area contributed by atoms with Crippen molar-refractivity contribution < 1.29 is 18.0 Å². The molecular weight excluding hydrogens is 257 g/mol. The standard InChI is InChI=1S/C8H11F3N4OS/c1-5(6(16)12-3-8(9,10)11)17-7-14-13-4-15(7)2/h4-5H,3H2,1-2H3,(H,12,16). The molecule has 0 spiro atoms. The van der Waals surface area contributed by atoms with Gasteiger partial charge in [-0.05, 0) is 6.92 Å². The van der Waals surface area contributed by atoms with Gasteiger partial charge in [0.25, 0.3) is 0 Å².